The van der Waals surface area contributed by atoms with Gasteiger partial charge in [-0.05, 0) is 51.7 Å². The fourth-order valence-electron chi connectivity index (χ4n) is 3.08. The summed E-state index contributed by atoms with van der Waals surface area (Å²) in [6.45, 7) is 3.95. The zero-order chi connectivity index (χ0) is 17.2. The first-order chi connectivity index (χ1) is 11.5. The van der Waals surface area contributed by atoms with Crippen LogP contribution in [0.4, 0.5) is 9.80 Å². The third-order valence-electron chi connectivity index (χ3n) is 4.50. The van der Waals surface area contributed by atoms with Crippen LogP contribution in [0, 0.1) is 6.92 Å². The molecule has 0 radical (unpaired) electrons. The van der Waals surface area contributed by atoms with Crippen LogP contribution in [0.3, 0.4) is 0 Å². The third kappa shape index (κ3) is 3.59. The highest BCUT2D eigenvalue weighted by Crippen LogP contribution is 2.36. The molecule has 5 nitrogen and oxygen atoms in total. The monoisotopic (exact) mass is 345 g/mol. The van der Waals surface area contributed by atoms with Gasteiger partial charge in [-0.1, -0.05) is 17.8 Å². The van der Waals surface area contributed by atoms with Gasteiger partial charge in [0, 0.05) is 25.0 Å². The summed E-state index contributed by atoms with van der Waals surface area (Å²) in [5.41, 5.74) is 1.44. The molecule has 3 rings (SSSR count). The molecule has 0 atom stereocenters. The number of carbonyl (C=O) groups is 1. The Kier molecular flexibility index (Phi) is 4.85. The van der Waals surface area contributed by atoms with E-state index in [0.29, 0.717) is 0 Å². The van der Waals surface area contributed by atoms with Crippen LogP contribution in [0.2, 0.25) is 0 Å². The number of hydrogen-bond acceptors (Lipinski definition) is 5. The van der Waals surface area contributed by atoms with E-state index in [1.165, 1.54) is 17.8 Å². The third-order valence-corrected chi connectivity index (χ3v) is 5.79. The van der Waals surface area contributed by atoms with Crippen molar-refractivity contribution in [2.24, 2.45) is 0 Å². The molecule has 1 aliphatic carbocycles. The van der Waals surface area contributed by atoms with Crippen molar-refractivity contribution >= 4 is 22.4 Å². The highest BCUT2D eigenvalue weighted by molar-refractivity contribution is 7.19. The number of carbonyl (C=O) groups excluding carboxylic acids is 1. The van der Waals surface area contributed by atoms with E-state index >= 15 is 0 Å². The first-order valence-corrected chi connectivity index (χ1v) is 9.15. The van der Waals surface area contributed by atoms with Crippen molar-refractivity contribution < 1.29 is 9.53 Å². The minimum atomic E-state index is -0.339. The first kappa shape index (κ1) is 16.9. The van der Waals surface area contributed by atoms with Crippen LogP contribution < -0.4 is 4.90 Å². The molecule has 2 aromatic rings. The highest BCUT2D eigenvalue weighted by Gasteiger charge is 2.32. The molecule has 0 N–H and O–H groups in total. The van der Waals surface area contributed by atoms with Gasteiger partial charge in [-0.15, -0.1) is 0 Å². The van der Waals surface area contributed by atoms with Crippen LogP contribution in [0.15, 0.2) is 24.5 Å². The predicted octanol–water partition coefficient (Wildman–Crippen LogP) is 4.81. The van der Waals surface area contributed by atoms with Gasteiger partial charge in [-0.2, -0.15) is 0 Å². The fourth-order valence-corrected chi connectivity index (χ4v) is 4.09. The summed E-state index contributed by atoms with van der Waals surface area (Å²) in [5.74, 6) is 0. The average molecular weight is 345 g/mol. The molecule has 0 spiro atoms. The van der Waals surface area contributed by atoms with Gasteiger partial charge in [-0.3, -0.25) is 9.88 Å². The van der Waals surface area contributed by atoms with Crippen molar-refractivity contribution in [3.8, 4) is 10.6 Å². The Morgan fingerprint density at radius 1 is 1.33 bits per heavy atom. The van der Waals surface area contributed by atoms with Crippen LogP contribution in [0.1, 0.15) is 44.7 Å². The van der Waals surface area contributed by atoms with Gasteiger partial charge in [-0.25, -0.2) is 9.78 Å². The number of pyridine rings is 1. The van der Waals surface area contributed by atoms with E-state index in [9.17, 15) is 4.79 Å². The lowest BCUT2D eigenvalue weighted by molar-refractivity contribution is 0.00241. The molecule has 1 aliphatic rings. The smallest absolute Gasteiger partial charge is 0.415 e. The average Bonchev–Trinajstić information content (AvgIpc) is 2.97. The lowest BCUT2D eigenvalue weighted by Crippen LogP contribution is -2.39. The first-order valence-electron chi connectivity index (χ1n) is 8.33. The molecular formula is C18H23N3O2S. The Balaban J connectivity index is 1.76. The van der Waals surface area contributed by atoms with E-state index in [1.807, 2.05) is 26.0 Å². The zero-order valence-corrected chi connectivity index (χ0v) is 15.2. The van der Waals surface area contributed by atoms with Gasteiger partial charge in [0.05, 0.1) is 5.69 Å². The SMILES string of the molecule is Cc1nc(-c2cccnc2)sc1N(C)C(=O)OC1(C)CCCCC1. The van der Waals surface area contributed by atoms with Gasteiger partial charge in [0.15, 0.2) is 0 Å². The Morgan fingerprint density at radius 2 is 2.08 bits per heavy atom. The van der Waals surface area contributed by atoms with E-state index < -0.39 is 0 Å². The number of aromatic nitrogens is 2. The Bertz CT molecular complexity index is 708. The number of aryl methyl sites for hydroxylation is 1. The maximum absolute atomic E-state index is 12.6. The minimum Gasteiger partial charge on any atom is -0.443 e. The summed E-state index contributed by atoms with van der Waals surface area (Å²) < 4.78 is 5.82. The summed E-state index contributed by atoms with van der Waals surface area (Å²) in [6, 6.07) is 3.85. The summed E-state index contributed by atoms with van der Waals surface area (Å²) in [5, 5.41) is 1.68. The molecule has 24 heavy (non-hydrogen) atoms. The van der Waals surface area contributed by atoms with Crippen molar-refractivity contribution in [3.63, 3.8) is 0 Å². The van der Waals surface area contributed by atoms with Crippen LogP contribution >= 0.6 is 11.3 Å². The molecule has 0 aliphatic heterocycles. The molecule has 0 unspecified atom stereocenters. The number of ether oxygens (including phenoxy) is 1. The van der Waals surface area contributed by atoms with Crippen molar-refractivity contribution in [3.05, 3.63) is 30.2 Å². The fraction of sp³-hybridized carbons (Fsp3) is 0.500. The molecule has 128 valence electrons. The zero-order valence-electron chi connectivity index (χ0n) is 14.4. The number of nitrogens with zero attached hydrogens (tertiary/aromatic N) is 3. The second-order valence-corrected chi connectivity index (χ2v) is 7.57. The molecule has 2 aromatic heterocycles. The molecule has 1 fully saturated rings. The second-order valence-electron chi connectivity index (χ2n) is 6.59. The lowest BCUT2D eigenvalue weighted by Gasteiger charge is -2.34. The van der Waals surface area contributed by atoms with Crippen LogP contribution in [0.5, 0.6) is 0 Å². The molecule has 0 aromatic carbocycles. The standard InChI is InChI=1S/C18H23N3O2S/c1-13-16(24-15(20-13)14-8-7-11-19-12-14)21(3)17(22)23-18(2)9-5-4-6-10-18/h7-8,11-12H,4-6,9-10H2,1-3H3. The van der Waals surface area contributed by atoms with Gasteiger partial charge in [0.1, 0.15) is 15.6 Å². The lowest BCUT2D eigenvalue weighted by atomic mass is 9.86. The van der Waals surface area contributed by atoms with Gasteiger partial charge < -0.3 is 4.74 Å². The second kappa shape index (κ2) is 6.89. The number of hydrogen-bond donors (Lipinski definition) is 0. The van der Waals surface area contributed by atoms with Crippen molar-refractivity contribution in [2.75, 3.05) is 11.9 Å². The van der Waals surface area contributed by atoms with E-state index in [-0.39, 0.29) is 11.7 Å². The maximum atomic E-state index is 12.6. The van der Waals surface area contributed by atoms with E-state index in [1.54, 1.807) is 24.3 Å². The summed E-state index contributed by atoms with van der Waals surface area (Å²) in [6.07, 6.45) is 8.57. The quantitative estimate of drug-likeness (QED) is 0.801. The van der Waals surface area contributed by atoms with Gasteiger partial charge >= 0.3 is 6.09 Å². The van der Waals surface area contributed by atoms with Crippen LogP contribution in [-0.4, -0.2) is 28.7 Å². The van der Waals surface area contributed by atoms with Gasteiger partial charge in [0.25, 0.3) is 0 Å². The van der Waals surface area contributed by atoms with Crippen LogP contribution in [-0.2, 0) is 4.74 Å². The molecular weight excluding hydrogens is 322 g/mol. The Hall–Kier alpha value is -1.95. The molecule has 6 heteroatoms. The number of rotatable bonds is 3. The number of anilines is 1. The molecule has 0 bridgehead atoms. The number of amides is 1. The molecule has 2 heterocycles. The van der Waals surface area contributed by atoms with Crippen molar-refractivity contribution in [2.45, 2.75) is 51.6 Å². The van der Waals surface area contributed by atoms with Crippen molar-refractivity contribution in [1.29, 1.82) is 0 Å². The molecule has 1 saturated carbocycles. The van der Waals surface area contributed by atoms with Crippen LogP contribution in [0.25, 0.3) is 10.6 Å². The van der Waals surface area contributed by atoms with E-state index in [2.05, 4.69) is 9.97 Å². The maximum Gasteiger partial charge on any atom is 0.415 e. The van der Waals surface area contributed by atoms with Gasteiger partial charge in [0.2, 0.25) is 0 Å². The Labute approximate surface area is 146 Å². The summed E-state index contributed by atoms with van der Waals surface area (Å²) in [4.78, 5) is 22.9. The Morgan fingerprint density at radius 3 is 2.75 bits per heavy atom. The number of thiazole rings is 1. The van der Waals surface area contributed by atoms with Crippen molar-refractivity contribution in [1.82, 2.24) is 9.97 Å². The summed E-state index contributed by atoms with van der Waals surface area (Å²) >= 11 is 1.48. The summed E-state index contributed by atoms with van der Waals surface area (Å²) in [7, 11) is 1.75. The van der Waals surface area contributed by atoms with E-state index in [0.717, 1.165) is 46.9 Å². The normalized spacial score (nSPS) is 16.6. The topological polar surface area (TPSA) is 55.3 Å². The highest BCUT2D eigenvalue weighted by atomic mass is 32.1. The molecule has 1 amide bonds. The van der Waals surface area contributed by atoms with E-state index in [4.69, 9.17) is 4.74 Å². The molecule has 0 saturated heterocycles. The largest absolute Gasteiger partial charge is 0.443 e. The minimum absolute atomic E-state index is 0.302. The predicted molar refractivity (Wildman–Crippen MR) is 96.5 cm³/mol.